The van der Waals surface area contributed by atoms with Gasteiger partial charge < -0.3 is 9.15 Å². The number of hydrogen-bond acceptors (Lipinski definition) is 4. The molecule has 0 saturated heterocycles. The molecule has 2 rings (SSSR count). The smallest absolute Gasteiger partial charge is 0.433 e. The van der Waals surface area contributed by atoms with Crippen LogP contribution in [0.5, 0.6) is 5.75 Å². The number of rotatable bonds is 4. The Bertz CT molecular complexity index is 574. The molecule has 94 valence electrons. The summed E-state index contributed by atoms with van der Waals surface area (Å²) >= 11 is 0. The van der Waals surface area contributed by atoms with Gasteiger partial charge >= 0.3 is 5.88 Å². The highest BCUT2D eigenvalue weighted by Crippen LogP contribution is 2.23. The van der Waals surface area contributed by atoms with Gasteiger partial charge in [0.2, 0.25) is 0 Å². The molecule has 0 N–H and O–H groups in total. The molecule has 0 aliphatic rings. The average Bonchev–Trinajstić information content (AvgIpc) is 2.80. The lowest BCUT2D eigenvalue weighted by molar-refractivity contribution is -0.402. The van der Waals surface area contributed by atoms with E-state index in [0.717, 1.165) is 16.9 Å². The summed E-state index contributed by atoms with van der Waals surface area (Å²) in [5, 5.41) is 10.5. The molecule has 0 aliphatic heterocycles. The molecule has 0 unspecified atom stereocenters. The number of hydrogen-bond donors (Lipinski definition) is 0. The first-order chi connectivity index (χ1) is 8.58. The minimum atomic E-state index is -0.568. The van der Waals surface area contributed by atoms with Crippen molar-refractivity contribution >= 4 is 5.88 Å². The average molecular weight is 247 g/mol. The SMILES string of the molecule is Cc1cccc(OCc2ccc([N+](=O)[O-])o2)c1C. The molecule has 0 fully saturated rings. The van der Waals surface area contributed by atoms with Crippen molar-refractivity contribution in [1.82, 2.24) is 0 Å². The number of benzene rings is 1. The van der Waals surface area contributed by atoms with Gasteiger partial charge in [-0.2, -0.15) is 0 Å². The van der Waals surface area contributed by atoms with Gasteiger partial charge in [-0.3, -0.25) is 10.1 Å². The first-order valence-electron chi connectivity index (χ1n) is 5.50. The highest BCUT2D eigenvalue weighted by atomic mass is 16.6. The van der Waals surface area contributed by atoms with Gasteiger partial charge in [-0.05, 0) is 37.1 Å². The largest absolute Gasteiger partial charge is 0.485 e. The maximum atomic E-state index is 10.5. The molecule has 0 amide bonds. The molecule has 5 nitrogen and oxygen atoms in total. The Hall–Kier alpha value is -2.30. The van der Waals surface area contributed by atoms with Crippen molar-refractivity contribution in [2.45, 2.75) is 20.5 Å². The summed E-state index contributed by atoms with van der Waals surface area (Å²) in [7, 11) is 0. The molecule has 1 aromatic carbocycles. The van der Waals surface area contributed by atoms with Crippen LogP contribution in [0.25, 0.3) is 0 Å². The number of ether oxygens (including phenoxy) is 1. The van der Waals surface area contributed by atoms with Crippen molar-refractivity contribution in [1.29, 1.82) is 0 Å². The predicted octanol–water partition coefficient (Wildman–Crippen LogP) is 3.38. The number of aryl methyl sites for hydroxylation is 1. The van der Waals surface area contributed by atoms with Crippen LogP contribution < -0.4 is 4.74 Å². The van der Waals surface area contributed by atoms with E-state index in [2.05, 4.69) is 0 Å². The summed E-state index contributed by atoms with van der Waals surface area (Å²) in [6, 6.07) is 8.63. The van der Waals surface area contributed by atoms with E-state index >= 15 is 0 Å². The summed E-state index contributed by atoms with van der Waals surface area (Å²) in [5.41, 5.74) is 2.19. The van der Waals surface area contributed by atoms with Crippen molar-refractivity contribution < 1.29 is 14.1 Å². The van der Waals surface area contributed by atoms with E-state index in [4.69, 9.17) is 9.15 Å². The Morgan fingerprint density at radius 2 is 2.06 bits per heavy atom. The molecule has 1 aromatic heterocycles. The Labute approximate surface area is 104 Å². The van der Waals surface area contributed by atoms with Crippen LogP contribution in [0.3, 0.4) is 0 Å². The zero-order valence-electron chi connectivity index (χ0n) is 10.2. The fourth-order valence-corrected chi connectivity index (χ4v) is 1.57. The van der Waals surface area contributed by atoms with E-state index in [1.807, 2.05) is 32.0 Å². The highest BCUT2D eigenvalue weighted by molar-refractivity contribution is 5.38. The molecule has 5 heteroatoms. The standard InChI is InChI=1S/C13H13NO4/c1-9-4-3-5-12(10(9)2)17-8-11-6-7-13(18-11)14(15)16/h3-7H,8H2,1-2H3. The third-order valence-electron chi connectivity index (χ3n) is 2.75. The van der Waals surface area contributed by atoms with Crippen LogP contribution in [0.4, 0.5) is 5.88 Å². The first-order valence-corrected chi connectivity index (χ1v) is 5.50. The second kappa shape index (κ2) is 4.91. The fraction of sp³-hybridized carbons (Fsp3) is 0.231. The summed E-state index contributed by atoms with van der Waals surface area (Å²) < 4.78 is 10.6. The van der Waals surface area contributed by atoms with E-state index in [-0.39, 0.29) is 12.5 Å². The van der Waals surface area contributed by atoms with Crippen LogP contribution in [-0.4, -0.2) is 4.92 Å². The molecular formula is C13H13NO4. The molecule has 2 aromatic rings. The first kappa shape index (κ1) is 12.2. The van der Waals surface area contributed by atoms with E-state index < -0.39 is 4.92 Å². The minimum absolute atomic E-state index is 0.179. The lowest BCUT2D eigenvalue weighted by atomic mass is 10.1. The van der Waals surface area contributed by atoms with Crippen LogP contribution in [0.1, 0.15) is 16.9 Å². The van der Waals surface area contributed by atoms with Crippen LogP contribution >= 0.6 is 0 Å². The van der Waals surface area contributed by atoms with Crippen LogP contribution in [0, 0.1) is 24.0 Å². The van der Waals surface area contributed by atoms with Gasteiger partial charge in [0, 0.05) is 0 Å². The predicted molar refractivity (Wildman–Crippen MR) is 65.6 cm³/mol. The second-order valence-corrected chi connectivity index (χ2v) is 3.98. The number of furan rings is 1. The number of nitro groups is 1. The zero-order valence-corrected chi connectivity index (χ0v) is 10.2. The van der Waals surface area contributed by atoms with Crippen molar-refractivity contribution in [3.05, 3.63) is 57.3 Å². The Balaban J connectivity index is 2.07. The maximum Gasteiger partial charge on any atom is 0.433 e. The van der Waals surface area contributed by atoms with Gasteiger partial charge in [0.1, 0.15) is 23.0 Å². The van der Waals surface area contributed by atoms with Crippen molar-refractivity contribution in [3.8, 4) is 5.75 Å². The van der Waals surface area contributed by atoms with Crippen molar-refractivity contribution in [2.75, 3.05) is 0 Å². The van der Waals surface area contributed by atoms with Crippen LogP contribution in [-0.2, 0) is 6.61 Å². The summed E-state index contributed by atoms with van der Waals surface area (Å²) in [5.74, 6) is 0.922. The Morgan fingerprint density at radius 1 is 1.28 bits per heavy atom. The molecule has 0 aliphatic carbocycles. The summed E-state index contributed by atoms with van der Waals surface area (Å²) in [6.45, 7) is 4.15. The molecule has 18 heavy (non-hydrogen) atoms. The van der Waals surface area contributed by atoms with Crippen molar-refractivity contribution in [2.24, 2.45) is 0 Å². The lowest BCUT2D eigenvalue weighted by Gasteiger charge is -2.09. The molecular weight excluding hydrogens is 234 g/mol. The molecule has 1 heterocycles. The van der Waals surface area contributed by atoms with Gasteiger partial charge in [0.15, 0.2) is 0 Å². The van der Waals surface area contributed by atoms with Gasteiger partial charge in [-0.1, -0.05) is 12.1 Å². The highest BCUT2D eigenvalue weighted by Gasteiger charge is 2.12. The molecule has 0 radical (unpaired) electrons. The summed E-state index contributed by atoms with van der Waals surface area (Å²) in [6.07, 6.45) is 0. The topological polar surface area (TPSA) is 65.5 Å². The van der Waals surface area contributed by atoms with E-state index in [0.29, 0.717) is 5.76 Å². The second-order valence-electron chi connectivity index (χ2n) is 3.98. The monoisotopic (exact) mass is 247 g/mol. The van der Waals surface area contributed by atoms with E-state index in [1.54, 1.807) is 6.07 Å². The van der Waals surface area contributed by atoms with Gasteiger partial charge in [-0.25, -0.2) is 0 Å². The normalized spacial score (nSPS) is 10.3. The minimum Gasteiger partial charge on any atom is -0.485 e. The fourth-order valence-electron chi connectivity index (χ4n) is 1.57. The van der Waals surface area contributed by atoms with E-state index in [9.17, 15) is 10.1 Å². The van der Waals surface area contributed by atoms with Gasteiger partial charge in [0.25, 0.3) is 0 Å². The molecule has 0 saturated carbocycles. The van der Waals surface area contributed by atoms with Gasteiger partial charge in [-0.15, -0.1) is 0 Å². The molecule has 0 bridgehead atoms. The lowest BCUT2D eigenvalue weighted by Crippen LogP contribution is -1.96. The van der Waals surface area contributed by atoms with Crippen molar-refractivity contribution in [3.63, 3.8) is 0 Å². The summed E-state index contributed by atoms with van der Waals surface area (Å²) in [4.78, 5) is 9.89. The quantitative estimate of drug-likeness (QED) is 0.613. The van der Waals surface area contributed by atoms with Crippen LogP contribution in [0.2, 0.25) is 0 Å². The van der Waals surface area contributed by atoms with Gasteiger partial charge in [0.05, 0.1) is 6.07 Å². The zero-order chi connectivity index (χ0) is 13.1. The number of nitrogens with zero attached hydrogens (tertiary/aromatic N) is 1. The van der Waals surface area contributed by atoms with E-state index in [1.165, 1.54) is 6.07 Å². The molecule has 0 spiro atoms. The third-order valence-corrected chi connectivity index (χ3v) is 2.75. The van der Waals surface area contributed by atoms with Crippen LogP contribution in [0.15, 0.2) is 34.7 Å². The molecule has 0 atom stereocenters. The maximum absolute atomic E-state index is 10.5. The Kier molecular flexibility index (Phi) is 3.32. The Morgan fingerprint density at radius 3 is 2.72 bits per heavy atom. The third kappa shape index (κ3) is 2.51.